The number of amides is 3. The van der Waals surface area contributed by atoms with Crippen LogP contribution in [0.5, 0.6) is 0 Å². The third-order valence-electron chi connectivity index (χ3n) is 6.15. The summed E-state index contributed by atoms with van der Waals surface area (Å²) in [6.45, 7) is 0. The number of hydrogen-bond acceptors (Lipinski definition) is 2. The van der Waals surface area contributed by atoms with E-state index >= 15 is 0 Å². The average molecular weight is 441 g/mol. The lowest BCUT2D eigenvalue weighted by Gasteiger charge is -2.60. The summed E-state index contributed by atoms with van der Waals surface area (Å²) in [6, 6.07) is 4.27. The molecule has 0 aromatic heterocycles. The highest BCUT2D eigenvalue weighted by molar-refractivity contribution is 9.10. The Balaban J connectivity index is 1.47. The maximum Gasteiger partial charge on any atom is 0.316 e. The Morgan fingerprint density at radius 2 is 1.88 bits per heavy atom. The monoisotopic (exact) mass is 439 g/mol. The van der Waals surface area contributed by atoms with Crippen molar-refractivity contribution in [1.82, 2.24) is 0 Å². The third kappa shape index (κ3) is 3.58. The number of rotatable bonds is 4. The van der Waals surface area contributed by atoms with Crippen LogP contribution in [0.4, 0.5) is 16.2 Å². The van der Waals surface area contributed by atoms with Gasteiger partial charge in [0, 0.05) is 16.4 Å². The van der Waals surface area contributed by atoms with Gasteiger partial charge in [-0.3, -0.25) is 4.79 Å². The first kappa shape index (κ1) is 18.1. The zero-order valence-corrected chi connectivity index (χ0v) is 16.8. The quantitative estimate of drug-likeness (QED) is 0.582. The van der Waals surface area contributed by atoms with Crippen molar-refractivity contribution in [1.29, 1.82) is 0 Å². The topological polar surface area (TPSA) is 84.2 Å². The van der Waals surface area contributed by atoms with Gasteiger partial charge in [0.1, 0.15) is 0 Å². The Morgan fingerprint density at radius 1 is 1.19 bits per heavy atom. The molecule has 4 saturated carbocycles. The Hall–Kier alpha value is -1.27. The molecular weight excluding hydrogens is 418 g/mol. The van der Waals surface area contributed by atoms with Crippen molar-refractivity contribution in [3.63, 3.8) is 0 Å². The molecule has 0 heterocycles. The van der Waals surface area contributed by atoms with Crippen LogP contribution < -0.4 is 16.4 Å². The minimum atomic E-state index is -0.652. The number of carbonyl (C=O) groups excluding carboxylic acids is 2. The van der Waals surface area contributed by atoms with E-state index in [0.29, 0.717) is 22.8 Å². The predicted octanol–water partition coefficient (Wildman–Crippen LogP) is 4.89. The Kier molecular flexibility index (Phi) is 4.47. The molecule has 4 fully saturated rings. The number of nitrogens with one attached hydrogen (secondary N) is 2. The number of anilines is 2. The largest absolute Gasteiger partial charge is 0.351 e. The molecule has 0 radical (unpaired) electrons. The smallest absolute Gasteiger partial charge is 0.316 e. The van der Waals surface area contributed by atoms with Crippen LogP contribution in [0.25, 0.3) is 0 Å². The molecule has 2 atom stereocenters. The number of benzene rings is 1. The van der Waals surface area contributed by atoms with Gasteiger partial charge in [-0.15, -0.1) is 0 Å². The Morgan fingerprint density at radius 3 is 2.50 bits per heavy atom. The second kappa shape index (κ2) is 6.41. The van der Waals surface area contributed by atoms with Crippen molar-refractivity contribution in [2.75, 3.05) is 10.6 Å². The fraction of sp³-hybridized carbons (Fsp3) is 0.579. The van der Waals surface area contributed by atoms with E-state index < -0.39 is 6.03 Å². The molecule has 5 nitrogen and oxygen atoms in total. The van der Waals surface area contributed by atoms with Crippen LogP contribution in [0.1, 0.15) is 44.9 Å². The number of hydrogen-bond donors (Lipinski definition) is 3. The lowest BCUT2D eigenvalue weighted by molar-refractivity contribution is -0.123. The van der Waals surface area contributed by atoms with Crippen molar-refractivity contribution in [2.45, 2.75) is 49.3 Å². The number of alkyl halides is 1. The van der Waals surface area contributed by atoms with Crippen LogP contribution in [-0.2, 0) is 4.79 Å². The van der Waals surface area contributed by atoms with Gasteiger partial charge in [0.25, 0.3) is 0 Å². The standard InChI is InChI=1S/C19H23BrClN3O2/c20-19-7-11-3-12(8-19)6-18(5-11,10-19)9-16(25)24-15-4-13(23-17(22)26)1-2-14(15)21/h1-2,4,11-12H,3,5-10H2,(H,24,25)(H3,22,23,26)/t11-,12-,18?,19?/m1/s1. The fourth-order valence-electron chi connectivity index (χ4n) is 5.92. The summed E-state index contributed by atoms with van der Waals surface area (Å²) < 4.78 is 0.236. The fourth-order valence-corrected chi connectivity index (χ4v) is 7.59. The minimum Gasteiger partial charge on any atom is -0.351 e. The van der Waals surface area contributed by atoms with Gasteiger partial charge in [0.15, 0.2) is 0 Å². The van der Waals surface area contributed by atoms with Gasteiger partial charge in [-0.25, -0.2) is 4.79 Å². The number of nitrogens with two attached hydrogens (primary N) is 1. The molecule has 5 rings (SSSR count). The maximum atomic E-state index is 12.8. The van der Waals surface area contributed by atoms with E-state index in [2.05, 4.69) is 26.6 Å². The van der Waals surface area contributed by atoms with Gasteiger partial charge in [-0.2, -0.15) is 0 Å². The van der Waals surface area contributed by atoms with Crippen molar-refractivity contribution >= 4 is 50.8 Å². The summed E-state index contributed by atoms with van der Waals surface area (Å²) in [5.41, 5.74) is 6.26. The van der Waals surface area contributed by atoms with Gasteiger partial charge < -0.3 is 16.4 Å². The van der Waals surface area contributed by atoms with E-state index in [1.807, 2.05) is 0 Å². The summed E-state index contributed by atoms with van der Waals surface area (Å²) >= 11 is 10.2. The van der Waals surface area contributed by atoms with Crippen molar-refractivity contribution in [3.05, 3.63) is 23.2 Å². The molecule has 3 amide bonds. The SMILES string of the molecule is NC(=O)Nc1ccc(Cl)c(NC(=O)CC23C[C@H]4C[C@@H](CC(Br)(C4)C2)C3)c1. The van der Waals surface area contributed by atoms with Gasteiger partial charge in [0.2, 0.25) is 5.91 Å². The molecular formula is C19H23BrClN3O2. The summed E-state index contributed by atoms with van der Waals surface area (Å²) in [5, 5.41) is 5.87. The zero-order valence-electron chi connectivity index (χ0n) is 14.5. The first-order valence-corrected chi connectivity index (χ1v) is 10.3. The third-order valence-corrected chi connectivity index (χ3v) is 7.41. The highest BCUT2D eigenvalue weighted by atomic mass is 79.9. The first-order valence-electron chi connectivity index (χ1n) is 9.09. The van der Waals surface area contributed by atoms with E-state index in [0.717, 1.165) is 31.1 Å². The van der Waals surface area contributed by atoms with Crippen LogP contribution >= 0.6 is 27.5 Å². The molecule has 1 aromatic carbocycles. The van der Waals surface area contributed by atoms with Crippen molar-refractivity contribution in [2.24, 2.45) is 23.0 Å². The lowest BCUT2D eigenvalue weighted by atomic mass is 9.48. The first-order chi connectivity index (χ1) is 12.2. The van der Waals surface area contributed by atoms with Crippen molar-refractivity contribution in [3.8, 4) is 0 Å². The van der Waals surface area contributed by atoms with Crippen LogP contribution in [0.3, 0.4) is 0 Å². The van der Waals surface area contributed by atoms with E-state index in [-0.39, 0.29) is 15.6 Å². The van der Waals surface area contributed by atoms with E-state index in [9.17, 15) is 9.59 Å². The normalized spacial score (nSPS) is 34.5. The minimum absolute atomic E-state index is 0.0128. The predicted molar refractivity (Wildman–Crippen MR) is 107 cm³/mol. The number of carbonyl (C=O) groups is 2. The molecule has 140 valence electrons. The molecule has 7 heteroatoms. The molecule has 0 unspecified atom stereocenters. The number of halogens is 2. The second-order valence-corrected chi connectivity index (χ2v) is 10.6. The molecule has 0 aliphatic heterocycles. The molecule has 26 heavy (non-hydrogen) atoms. The van der Waals surface area contributed by atoms with E-state index in [4.69, 9.17) is 17.3 Å². The highest BCUT2D eigenvalue weighted by Crippen LogP contribution is 2.65. The van der Waals surface area contributed by atoms with E-state index in [1.165, 1.54) is 19.3 Å². The van der Waals surface area contributed by atoms with E-state index in [1.54, 1.807) is 18.2 Å². The van der Waals surface area contributed by atoms with Crippen molar-refractivity contribution < 1.29 is 9.59 Å². The lowest BCUT2D eigenvalue weighted by Crippen LogP contribution is -2.53. The summed E-state index contributed by atoms with van der Waals surface area (Å²) in [6.07, 6.45) is 7.74. The highest BCUT2D eigenvalue weighted by Gasteiger charge is 2.57. The van der Waals surface area contributed by atoms with Gasteiger partial charge in [-0.1, -0.05) is 27.5 Å². The van der Waals surface area contributed by atoms with Gasteiger partial charge >= 0.3 is 6.03 Å². The number of urea groups is 1. The van der Waals surface area contributed by atoms with Crippen LogP contribution in [0.15, 0.2) is 18.2 Å². The molecule has 0 saturated heterocycles. The Labute approximate surface area is 166 Å². The molecule has 1 aromatic rings. The van der Waals surface area contributed by atoms with Gasteiger partial charge in [-0.05, 0) is 74.0 Å². The zero-order chi connectivity index (χ0) is 18.5. The van der Waals surface area contributed by atoms with Crippen LogP contribution in [0, 0.1) is 17.3 Å². The van der Waals surface area contributed by atoms with Crippen LogP contribution in [0.2, 0.25) is 5.02 Å². The number of primary amides is 1. The Bertz CT molecular complexity index is 755. The average Bonchev–Trinajstić information content (AvgIpc) is 2.46. The summed E-state index contributed by atoms with van der Waals surface area (Å²) in [7, 11) is 0. The molecule has 0 spiro atoms. The molecule has 4 N–H and O–H groups in total. The van der Waals surface area contributed by atoms with Crippen LogP contribution in [-0.4, -0.2) is 16.3 Å². The molecule has 4 aliphatic carbocycles. The summed E-state index contributed by atoms with van der Waals surface area (Å²) in [4.78, 5) is 23.8. The molecule has 4 bridgehead atoms. The second-order valence-electron chi connectivity index (χ2n) is 8.52. The maximum absolute atomic E-state index is 12.8. The molecule has 4 aliphatic rings. The van der Waals surface area contributed by atoms with Gasteiger partial charge in [0.05, 0.1) is 10.7 Å². The summed E-state index contributed by atoms with van der Waals surface area (Å²) in [5.74, 6) is 1.48.